The van der Waals surface area contributed by atoms with Crippen LogP contribution in [-0.4, -0.2) is 3.42 Å². The van der Waals surface area contributed by atoms with E-state index in [2.05, 4.69) is 57.5 Å². The van der Waals surface area contributed by atoms with E-state index < -0.39 is 3.42 Å². The van der Waals surface area contributed by atoms with Crippen LogP contribution in [0.1, 0.15) is 25.8 Å². The van der Waals surface area contributed by atoms with Gasteiger partial charge in [-0.3, -0.25) is 0 Å². The van der Waals surface area contributed by atoms with E-state index in [0.29, 0.717) is 0 Å². The third kappa shape index (κ3) is 3.95. The molecule has 0 radical (unpaired) electrons. The normalized spacial score (nSPS) is 11.2. The maximum atomic E-state index is 5.78. The predicted octanol–water partition coefficient (Wildman–Crippen LogP) is 5.04. The molecule has 0 N–H and O–H groups in total. The minimum Gasteiger partial charge on any atom is -0.462 e. The zero-order valence-corrected chi connectivity index (χ0v) is 12.8. The summed E-state index contributed by atoms with van der Waals surface area (Å²) in [4.78, 5) is 0. The first kappa shape index (κ1) is 13.8. The van der Waals surface area contributed by atoms with Gasteiger partial charge in [0, 0.05) is 0 Å². The summed E-state index contributed by atoms with van der Waals surface area (Å²) in [7, 11) is 0. The van der Waals surface area contributed by atoms with Crippen LogP contribution in [0.3, 0.4) is 0 Å². The Balaban J connectivity index is 2.81. The molecule has 0 unspecified atom stereocenters. The van der Waals surface area contributed by atoms with E-state index >= 15 is 0 Å². The van der Waals surface area contributed by atoms with Crippen molar-refractivity contribution in [2.45, 2.75) is 30.1 Å². The molecule has 0 bridgehead atoms. The average molecular weight is 348 g/mol. The van der Waals surface area contributed by atoms with E-state index in [1.54, 1.807) is 0 Å². The molecule has 0 spiro atoms. The summed E-state index contributed by atoms with van der Waals surface area (Å²) in [6, 6.07) is 8.12. The van der Waals surface area contributed by atoms with Crippen molar-refractivity contribution in [1.82, 2.24) is 0 Å². The minimum absolute atomic E-state index is 0.676. The summed E-state index contributed by atoms with van der Waals surface area (Å²) in [5, 5.41) is 0. The lowest BCUT2D eigenvalue weighted by Gasteiger charge is -2.22. The van der Waals surface area contributed by atoms with E-state index in [-0.39, 0.29) is 0 Å². The first-order valence-electron chi connectivity index (χ1n) is 5.27. The Labute approximate surface area is 114 Å². The number of rotatable bonds is 5. The van der Waals surface area contributed by atoms with E-state index in [9.17, 15) is 0 Å². The Morgan fingerprint density at radius 3 is 2.69 bits per heavy atom. The van der Waals surface area contributed by atoms with Gasteiger partial charge in [0.15, 0.2) is 0 Å². The maximum absolute atomic E-state index is 5.78. The van der Waals surface area contributed by atoms with Crippen molar-refractivity contribution in [1.29, 1.82) is 0 Å². The van der Waals surface area contributed by atoms with E-state index in [1.165, 1.54) is 5.56 Å². The third-order valence-electron chi connectivity index (χ3n) is 2.18. The Hall–Kier alpha value is -0.280. The quantitative estimate of drug-likeness (QED) is 0.535. The van der Waals surface area contributed by atoms with Crippen LogP contribution in [0.25, 0.3) is 0 Å². The second kappa shape index (κ2) is 5.87. The molecule has 1 aromatic carbocycles. The summed E-state index contributed by atoms with van der Waals surface area (Å²) >= 11 is 6.88. The Morgan fingerprint density at radius 1 is 1.44 bits per heavy atom. The van der Waals surface area contributed by atoms with Gasteiger partial charge in [0.05, 0.1) is 0 Å². The monoisotopic (exact) mass is 346 g/mol. The highest BCUT2D eigenvalue weighted by molar-refractivity contribution is 9.25. The topological polar surface area (TPSA) is 9.23 Å². The molecule has 3 heteroatoms. The van der Waals surface area contributed by atoms with E-state index in [4.69, 9.17) is 4.74 Å². The van der Waals surface area contributed by atoms with Gasteiger partial charge >= 0.3 is 0 Å². The highest BCUT2D eigenvalue weighted by atomic mass is 79.9. The summed E-state index contributed by atoms with van der Waals surface area (Å²) in [5.74, 6) is 0.836. The van der Waals surface area contributed by atoms with E-state index in [1.807, 2.05) is 19.1 Å². The van der Waals surface area contributed by atoms with Crippen LogP contribution in [-0.2, 0) is 6.42 Å². The van der Waals surface area contributed by atoms with Gasteiger partial charge < -0.3 is 4.74 Å². The number of ether oxygens (including phenoxy) is 1. The fraction of sp³-hybridized carbons (Fsp3) is 0.385. The predicted molar refractivity (Wildman–Crippen MR) is 76.5 cm³/mol. The van der Waals surface area contributed by atoms with Gasteiger partial charge in [-0.05, 0) is 68.5 Å². The number of aryl methyl sites for hydroxylation is 1. The minimum atomic E-state index is -0.676. The largest absolute Gasteiger partial charge is 0.462 e. The number of hydrogen-bond donors (Lipinski definition) is 0. The molecule has 1 nitrogen and oxygen atoms in total. The van der Waals surface area contributed by atoms with Crippen molar-refractivity contribution in [3.63, 3.8) is 0 Å². The number of alkyl halides is 2. The molecule has 1 rings (SSSR count). The van der Waals surface area contributed by atoms with Crippen molar-refractivity contribution in [3.05, 3.63) is 42.0 Å². The van der Waals surface area contributed by atoms with Gasteiger partial charge in [0.1, 0.15) is 5.75 Å². The Morgan fingerprint density at radius 2 is 2.12 bits per heavy atom. The molecular weight excluding hydrogens is 332 g/mol. The molecule has 0 aliphatic rings. The third-order valence-corrected chi connectivity index (χ3v) is 3.86. The molecule has 16 heavy (non-hydrogen) atoms. The van der Waals surface area contributed by atoms with Gasteiger partial charge in [0.25, 0.3) is 0 Å². The molecule has 88 valence electrons. The molecule has 0 atom stereocenters. The lowest BCUT2D eigenvalue weighted by Crippen LogP contribution is -2.21. The van der Waals surface area contributed by atoms with Crippen LogP contribution < -0.4 is 4.74 Å². The lowest BCUT2D eigenvalue weighted by atomic mass is 10.1. The van der Waals surface area contributed by atoms with Crippen LogP contribution in [0.15, 0.2) is 36.4 Å². The van der Waals surface area contributed by atoms with Crippen molar-refractivity contribution in [2.75, 3.05) is 0 Å². The fourth-order valence-corrected chi connectivity index (χ4v) is 1.66. The first-order chi connectivity index (χ1) is 7.45. The van der Waals surface area contributed by atoms with Crippen LogP contribution in [0.2, 0.25) is 0 Å². The van der Waals surface area contributed by atoms with Gasteiger partial charge in [-0.25, -0.2) is 0 Å². The number of halogens is 2. The summed E-state index contributed by atoms with van der Waals surface area (Å²) in [6.45, 7) is 7.93. The second-order valence-electron chi connectivity index (χ2n) is 3.80. The first-order valence-corrected chi connectivity index (χ1v) is 6.86. The molecule has 0 saturated heterocycles. The van der Waals surface area contributed by atoms with Crippen molar-refractivity contribution in [2.24, 2.45) is 0 Å². The standard InChI is InChI=1S/C13H16Br2O/c1-4-6-11-7-5-8-12(9-11)16-13(14,15)10(2)3/h5,7-9H,2,4,6H2,1,3H3. The Bertz CT molecular complexity index is 372. The molecule has 0 aliphatic carbocycles. The summed E-state index contributed by atoms with van der Waals surface area (Å²) < 4.78 is 5.11. The van der Waals surface area contributed by atoms with Gasteiger partial charge in [-0.2, -0.15) is 0 Å². The van der Waals surface area contributed by atoms with Crippen molar-refractivity contribution in [3.8, 4) is 5.75 Å². The highest BCUT2D eigenvalue weighted by Crippen LogP contribution is 2.36. The van der Waals surface area contributed by atoms with Crippen LogP contribution in [0, 0.1) is 0 Å². The maximum Gasteiger partial charge on any atom is 0.239 e. The second-order valence-corrected chi connectivity index (χ2v) is 7.09. The number of hydrogen-bond acceptors (Lipinski definition) is 1. The van der Waals surface area contributed by atoms with Gasteiger partial charge in [-0.1, -0.05) is 32.1 Å². The molecule has 0 amide bonds. The summed E-state index contributed by atoms with van der Waals surface area (Å²) in [5.41, 5.74) is 2.16. The molecule has 0 aromatic heterocycles. The SMILES string of the molecule is C=C(C)C(Br)(Br)Oc1cccc(CCC)c1. The zero-order valence-electron chi connectivity index (χ0n) is 9.59. The van der Waals surface area contributed by atoms with Crippen LogP contribution in [0.4, 0.5) is 0 Å². The van der Waals surface area contributed by atoms with Crippen LogP contribution >= 0.6 is 31.9 Å². The lowest BCUT2D eigenvalue weighted by molar-refractivity contribution is 0.304. The van der Waals surface area contributed by atoms with Gasteiger partial charge in [-0.15, -0.1) is 0 Å². The molecular formula is C13H16Br2O. The Kier molecular flexibility index (Phi) is 5.06. The summed E-state index contributed by atoms with van der Waals surface area (Å²) in [6.07, 6.45) is 2.21. The van der Waals surface area contributed by atoms with Crippen molar-refractivity contribution >= 4 is 31.9 Å². The van der Waals surface area contributed by atoms with Crippen molar-refractivity contribution < 1.29 is 4.74 Å². The smallest absolute Gasteiger partial charge is 0.239 e. The fourth-order valence-electron chi connectivity index (χ4n) is 1.29. The zero-order chi connectivity index (χ0) is 12.2. The van der Waals surface area contributed by atoms with Gasteiger partial charge in [0.2, 0.25) is 3.42 Å². The average Bonchev–Trinajstić information content (AvgIpc) is 2.17. The molecule has 0 heterocycles. The molecule has 1 aromatic rings. The highest BCUT2D eigenvalue weighted by Gasteiger charge is 2.25. The van der Waals surface area contributed by atoms with E-state index in [0.717, 1.165) is 24.2 Å². The van der Waals surface area contributed by atoms with Crippen LogP contribution in [0.5, 0.6) is 5.75 Å². The number of benzene rings is 1. The molecule has 0 fully saturated rings. The molecule has 0 aliphatic heterocycles. The molecule has 0 saturated carbocycles.